The molecule has 1 amide bonds. The second-order valence-electron chi connectivity index (χ2n) is 6.25. The van der Waals surface area contributed by atoms with Crippen LogP contribution in [0, 0.1) is 11.8 Å². The number of fused-ring (bicyclic) bond motifs is 1. The van der Waals surface area contributed by atoms with E-state index in [4.69, 9.17) is 9.84 Å². The Morgan fingerprint density at radius 3 is 2.57 bits per heavy atom. The van der Waals surface area contributed by atoms with E-state index in [0.717, 1.165) is 15.8 Å². The van der Waals surface area contributed by atoms with Crippen molar-refractivity contribution >= 4 is 27.8 Å². The Balaban J connectivity index is 1.67. The number of carbonyl (C=O) groups excluding carboxylic acids is 1. The summed E-state index contributed by atoms with van der Waals surface area (Å²) in [6.07, 6.45) is 2.52. The Morgan fingerprint density at radius 1 is 1.17 bits per heavy atom. The summed E-state index contributed by atoms with van der Waals surface area (Å²) in [6, 6.07) is 5.84. The van der Waals surface area contributed by atoms with Crippen molar-refractivity contribution in [3.05, 3.63) is 28.2 Å². The summed E-state index contributed by atoms with van der Waals surface area (Å²) in [5.74, 6) is -0.122. The first-order chi connectivity index (χ1) is 11.0. The lowest BCUT2D eigenvalue weighted by Gasteiger charge is -2.30. The highest BCUT2D eigenvalue weighted by Crippen LogP contribution is 2.32. The Kier molecular flexibility index (Phi) is 4.90. The van der Waals surface area contributed by atoms with Crippen molar-refractivity contribution in [3.8, 4) is 5.75 Å². The van der Waals surface area contributed by atoms with Gasteiger partial charge in [-0.3, -0.25) is 9.59 Å². The van der Waals surface area contributed by atoms with Crippen LogP contribution >= 0.6 is 15.9 Å². The van der Waals surface area contributed by atoms with Gasteiger partial charge in [0.15, 0.2) is 0 Å². The van der Waals surface area contributed by atoms with Gasteiger partial charge in [0.1, 0.15) is 12.4 Å². The fourth-order valence-electron chi connectivity index (χ4n) is 3.40. The summed E-state index contributed by atoms with van der Waals surface area (Å²) in [7, 11) is 0. The summed E-state index contributed by atoms with van der Waals surface area (Å²) in [6.45, 7) is 1.61. The first-order valence-corrected chi connectivity index (χ1v) is 8.76. The predicted molar refractivity (Wildman–Crippen MR) is 88.1 cm³/mol. The minimum absolute atomic E-state index is 0.0562. The number of halogens is 1. The summed E-state index contributed by atoms with van der Waals surface area (Å²) >= 11 is 3.45. The van der Waals surface area contributed by atoms with Gasteiger partial charge in [0.25, 0.3) is 0 Å². The number of amides is 1. The summed E-state index contributed by atoms with van der Waals surface area (Å²) in [5, 5.41) is 9.07. The van der Waals surface area contributed by atoms with Crippen LogP contribution in [0.15, 0.2) is 22.7 Å². The lowest BCUT2D eigenvalue weighted by atomic mass is 9.81. The van der Waals surface area contributed by atoms with Gasteiger partial charge in [-0.2, -0.15) is 0 Å². The van der Waals surface area contributed by atoms with E-state index in [1.165, 1.54) is 0 Å². The quantitative estimate of drug-likeness (QED) is 0.854. The lowest BCUT2D eigenvalue weighted by molar-refractivity contribution is -0.145. The molecule has 1 aliphatic heterocycles. The molecule has 0 bridgehead atoms. The maximum absolute atomic E-state index is 12.8. The van der Waals surface area contributed by atoms with Gasteiger partial charge in [-0.25, -0.2) is 0 Å². The number of nitrogens with zero attached hydrogens (tertiary/aromatic N) is 1. The van der Waals surface area contributed by atoms with Crippen LogP contribution in [-0.2, 0) is 16.1 Å². The van der Waals surface area contributed by atoms with Crippen molar-refractivity contribution in [3.63, 3.8) is 0 Å². The monoisotopic (exact) mass is 381 g/mol. The van der Waals surface area contributed by atoms with Crippen molar-refractivity contribution in [1.29, 1.82) is 0 Å². The largest absolute Gasteiger partial charge is 0.491 e. The van der Waals surface area contributed by atoms with Crippen LogP contribution in [0.3, 0.4) is 0 Å². The fourth-order valence-corrected chi connectivity index (χ4v) is 3.80. The van der Waals surface area contributed by atoms with Crippen LogP contribution in [-0.4, -0.2) is 35.0 Å². The van der Waals surface area contributed by atoms with E-state index in [9.17, 15) is 9.59 Å². The van der Waals surface area contributed by atoms with E-state index in [1.807, 2.05) is 23.1 Å². The van der Waals surface area contributed by atoms with E-state index in [0.29, 0.717) is 45.4 Å². The SMILES string of the molecule is O=C(O)C1CCC(C(=O)N2CCOc3ccc(Br)cc3C2)CC1. The first-order valence-electron chi connectivity index (χ1n) is 7.97. The second-order valence-corrected chi connectivity index (χ2v) is 7.16. The number of hydrogen-bond acceptors (Lipinski definition) is 3. The molecule has 0 atom stereocenters. The highest BCUT2D eigenvalue weighted by molar-refractivity contribution is 9.10. The van der Waals surface area contributed by atoms with Crippen molar-refractivity contribution < 1.29 is 19.4 Å². The Hall–Kier alpha value is -1.56. The third-order valence-electron chi connectivity index (χ3n) is 4.74. The molecule has 124 valence electrons. The number of ether oxygens (including phenoxy) is 1. The minimum atomic E-state index is -0.738. The molecule has 0 spiro atoms. The van der Waals surface area contributed by atoms with Gasteiger partial charge in [-0.1, -0.05) is 15.9 Å². The van der Waals surface area contributed by atoms with Crippen molar-refractivity contribution in [2.24, 2.45) is 11.8 Å². The predicted octanol–water partition coefficient (Wildman–Crippen LogP) is 3.06. The highest BCUT2D eigenvalue weighted by Gasteiger charge is 2.32. The maximum atomic E-state index is 12.8. The molecule has 1 aliphatic carbocycles. The van der Waals surface area contributed by atoms with Gasteiger partial charge in [0.2, 0.25) is 5.91 Å². The molecular formula is C17H20BrNO4. The van der Waals surface area contributed by atoms with Gasteiger partial charge < -0.3 is 14.7 Å². The lowest BCUT2D eigenvalue weighted by Crippen LogP contribution is -2.39. The molecule has 1 aromatic rings. The number of carboxylic acid groups (broad SMARTS) is 1. The molecular weight excluding hydrogens is 362 g/mol. The molecule has 0 saturated heterocycles. The number of benzene rings is 1. The van der Waals surface area contributed by atoms with E-state index in [2.05, 4.69) is 15.9 Å². The van der Waals surface area contributed by atoms with Crippen LogP contribution in [0.2, 0.25) is 0 Å². The zero-order chi connectivity index (χ0) is 16.4. The number of hydrogen-bond donors (Lipinski definition) is 1. The molecule has 0 radical (unpaired) electrons. The Bertz CT molecular complexity index is 611. The third-order valence-corrected chi connectivity index (χ3v) is 5.23. The van der Waals surface area contributed by atoms with E-state index in [1.54, 1.807) is 0 Å². The normalized spacial score (nSPS) is 24.3. The molecule has 1 saturated carbocycles. The van der Waals surface area contributed by atoms with E-state index < -0.39 is 5.97 Å². The fraction of sp³-hybridized carbons (Fsp3) is 0.529. The molecule has 23 heavy (non-hydrogen) atoms. The molecule has 1 N–H and O–H groups in total. The number of rotatable bonds is 2. The molecule has 2 aliphatic rings. The van der Waals surface area contributed by atoms with Gasteiger partial charge in [0.05, 0.1) is 12.5 Å². The highest BCUT2D eigenvalue weighted by atomic mass is 79.9. The first kappa shape index (κ1) is 16.3. The molecule has 0 aromatic heterocycles. The average molecular weight is 382 g/mol. The molecule has 6 heteroatoms. The molecule has 1 fully saturated rings. The smallest absolute Gasteiger partial charge is 0.306 e. The van der Waals surface area contributed by atoms with Crippen LogP contribution < -0.4 is 4.74 Å². The summed E-state index contributed by atoms with van der Waals surface area (Å²) < 4.78 is 6.70. The average Bonchev–Trinajstić information content (AvgIpc) is 2.76. The van der Waals surface area contributed by atoms with Crippen LogP contribution in [0.25, 0.3) is 0 Å². The number of carbonyl (C=O) groups is 2. The van der Waals surface area contributed by atoms with E-state index in [-0.39, 0.29) is 17.7 Å². The van der Waals surface area contributed by atoms with Gasteiger partial charge in [0, 0.05) is 22.5 Å². The Labute approximate surface area is 143 Å². The molecule has 3 rings (SSSR count). The molecule has 1 aromatic carbocycles. The molecule has 5 nitrogen and oxygen atoms in total. The van der Waals surface area contributed by atoms with Crippen molar-refractivity contribution in [1.82, 2.24) is 4.90 Å². The zero-order valence-corrected chi connectivity index (χ0v) is 14.4. The minimum Gasteiger partial charge on any atom is -0.491 e. The standard InChI is InChI=1S/C17H20BrNO4/c18-14-5-6-15-13(9-14)10-19(7-8-23-15)16(20)11-1-3-12(4-2-11)17(21)22/h5-6,9,11-12H,1-4,7-8,10H2,(H,21,22). The van der Waals surface area contributed by atoms with Gasteiger partial charge >= 0.3 is 5.97 Å². The number of aliphatic carboxylic acids is 1. The van der Waals surface area contributed by atoms with E-state index >= 15 is 0 Å². The maximum Gasteiger partial charge on any atom is 0.306 e. The van der Waals surface area contributed by atoms with Crippen molar-refractivity contribution in [2.75, 3.05) is 13.2 Å². The van der Waals surface area contributed by atoms with Crippen molar-refractivity contribution in [2.45, 2.75) is 32.2 Å². The Morgan fingerprint density at radius 2 is 1.87 bits per heavy atom. The van der Waals surface area contributed by atoms with Gasteiger partial charge in [-0.15, -0.1) is 0 Å². The third kappa shape index (κ3) is 3.68. The zero-order valence-electron chi connectivity index (χ0n) is 12.8. The van der Waals surface area contributed by atoms with Gasteiger partial charge in [-0.05, 0) is 43.9 Å². The van der Waals surface area contributed by atoms with Crippen LogP contribution in [0.4, 0.5) is 0 Å². The molecule has 0 unspecified atom stereocenters. The summed E-state index contributed by atoms with van der Waals surface area (Å²) in [4.78, 5) is 25.7. The topological polar surface area (TPSA) is 66.8 Å². The summed E-state index contributed by atoms with van der Waals surface area (Å²) in [5.41, 5.74) is 1.00. The van der Waals surface area contributed by atoms with Crippen LogP contribution in [0.5, 0.6) is 5.75 Å². The molecule has 1 heterocycles. The second kappa shape index (κ2) is 6.91. The number of carboxylic acids is 1. The van der Waals surface area contributed by atoms with Crippen LogP contribution in [0.1, 0.15) is 31.2 Å².